The Hall–Kier alpha value is -0.860. The summed E-state index contributed by atoms with van der Waals surface area (Å²) >= 11 is 0. The molecule has 1 atom stereocenters. The second kappa shape index (κ2) is 5.46. The van der Waals surface area contributed by atoms with Crippen LogP contribution in [-0.4, -0.2) is 12.1 Å². The van der Waals surface area contributed by atoms with Crippen molar-refractivity contribution in [3.63, 3.8) is 0 Å². The zero-order valence-corrected chi connectivity index (χ0v) is 10.0. The van der Waals surface area contributed by atoms with Crippen molar-refractivity contribution in [3.8, 4) is 0 Å². The zero-order valence-electron chi connectivity index (χ0n) is 10.0. The number of hydrogen-bond donors (Lipinski definition) is 2. The second-order valence-corrected chi connectivity index (χ2v) is 4.91. The first-order valence-corrected chi connectivity index (χ1v) is 6.32. The van der Waals surface area contributed by atoms with E-state index >= 15 is 0 Å². The first-order chi connectivity index (χ1) is 7.75. The number of benzene rings is 1. The normalized spacial score (nSPS) is 27.6. The van der Waals surface area contributed by atoms with Crippen molar-refractivity contribution in [1.29, 1.82) is 0 Å². The van der Waals surface area contributed by atoms with Gasteiger partial charge in [-0.25, -0.2) is 0 Å². The molecule has 0 radical (unpaired) electrons. The smallest absolute Gasteiger partial charge is 0.0294 e. The van der Waals surface area contributed by atoms with Crippen LogP contribution in [0.5, 0.6) is 0 Å². The van der Waals surface area contributed by atoms with Crippen LogP contribution in [0.1, 0.15) is 44.2 Å². The topological polar surface area (TPSA) is 38.0 Å². The first kappa shape index (κ1) is 11.6. The highest BCUT2D eigenvalue weighted by atomic mass is 14.9. The van der Waals surface area contributed by atoms with E-state index in [4.69, 9.17) is 5.73 Å². The van der Waals surface area contributed by atoms with Gasteiger partial charge in [0.25, 0.3) is 0 Å². The molecule has 3 N–H and O–H groups in total. The van der Waals surface area contributed by atoms with Crippen LogP contribution < -0.4 is 11.1 Å². The maximum Gasteiger partial charge on any atom is 0.0294 e. The molecule has 1 aliphatic carbocycles. The average molecular weight is 218 g/mol. The van der Waals surface area contributed by atoms with Crippen molar-refractivity contribution in [2.75, 3.05) is 0 Å². The van der Waals surface area contributed by atoms with E-state index < -0.39 is 0 Å². The van der Waals surface area contributed by atoms with Gasteiger partial charge in [0.05, 0.1) is 0 Å². The molecule has 0 bridgehead atoms. The van der Waals surface area contributed by atoms with E-state index in [2.05, 4.69) is 42.6 Å². The third-order valence-electron chi connectivity index (χ3n) is 3.56. The van der Waals surface area contributed by atoms with Crippen molar-refractivity contribution < 1.29 is 0 Å². The molecule has 0 aliphatic heterocycles. The summed E-state index contributed by atoms with van der Waals surface area (Å²) in [6, 6.07) is 12.2. The average Bonchev–Trinajstić information content (AvgIpc) is 2.33. The molecule has 0 heterocycles. The van der Waals surface area contributed by atoms with Gasteiger partial charge in [-0.2, -0.15) is 0 Å². The number of hydrogen-bond acceptors (Lipinski definition) is 2. The summed E-state index contributed by atoms with van der Waals surface area (Å²) in [7, 11) is 0. The summed E-state index contributed by atoms with van der Waals surface area (Å²) in [5.41, 5.74) is 7.28. The van der Waals surface area contributed by atoms with E-state index in [1.807, 2.05) is 0 Å². The van der Waals surface area contributed by atoms with E-state index in [0.717, 1.165) is 0 Å². The molecule has 1 aromatic carbocycles. The van der Waals surface area contributed by atoms with Gasteiger partial charge in [-0.1, -0.05) is 30.3 Å². The monoisotopic (exact) mass is 218 g/mol. The Kier molecular flexibility index (Phi) is 3.97. The molecule has 1 aromatic rings. The lowest BCUT2D eigenvalue weighted by Crippen LogP contribution is -2.38. The van der Waals surface area contributed by atoms with Gasteiger partial charge >= 0.3 is 0 Å². The Balaban J connectivity index is 1.86. The van der Waals surface area contributed by atoms with Crippen LogP contribution in [0.15, 0.2) is 30.3 Å². The third-order valence-corrected chi connectivity index (χ3v) is 3.56. The molecule has 16 heavy (non-hydrogen) atoms. The molecule has 0 aromatic heterocycles. The molecule has 2 nitrogen and oxygen atoms in total. The fourth-order valence-electron chi connectivity index (χ4n) is 2.48. The fraction of sp³-hybridized carbons (Fsp3) is 0.571. The molecule has 2 rings (SSSR count). The highest BCUT2D eigenvalue weighted by molar-refractivity contribution is 5.18. The Bertz CT molecular complexity index is 302. The van der Waals surface area contributed by atoms with E-state index in [9.17, 15) is 0 Å². The molecular formula is C14H22N2. The zero-order chi connectivity index (χ0) is 11.4. The molecule has 1 saturated carbocycles. The summed E-state index contributed by atoms with van der Waals surface area (Å²) in [6.45, 7) is 2.24. The standard InChI is InChI=1S/C14H22N2/c1-11(12-5-3-2-4-6-12)16-14-9-7-13(15)8-10-14/h2-6,11,13-14,16H,7-10,15H2,1H3/t11-,13?,14?/m0/s1. The minimum atomic E-state index is 0.435. The van der Waals surface area contributed by atoms with Crippen molar-refractivity contribution in [3.05, 3.63) is 35.9 Å². The van der Waals surface area contributed by atoms with Crippen LogP contribution in [0.4, 0.5) is 0 Å². The molecule has 2 heteroatoms. The number of rotatable bonds is 3. The molecule has 0 amide bonds. The third kappa shape index (κ3) is 3.06. The lowest BCUT2D eigenvalue weighted by atomic mass is 9.91. The predicted molar refractivity (Wildman–Crippen MR) is 68.2 cm³/mol. The van der Waals surface area contributed by atoms with Gasteiger partial charge in [-0.3, -0.25) is 0 Å². The van der Waals surface area contributed by atoms with Gasteiger partial charge in [0.1, 0.15) is 0 Å². The molecule has 0 saturated heterocycles. The summed E-state index contributed by atoms with van der Waals surface area (Å²) in [4.78, 5) is 0. The Morgan fingerprint density at radius 1 is 1.12 bits per heavy atom. The molecular weight excluding hydrogens is 196 g/mol. The Morgan fingerprint density at radius 3 is 2.38 bits per heavy atom. The largest absolute Gasteiger partial charge is 0.328 e. The molecule has 0 unspecified atom stereocenters. The summed E-state index contributed by atoms with van der Waals surface area (Å²) < 4.78 is 0. The predicted octanol–water partition coefficient (Wildman–Crippen LogP) is 2.61. The van der Waals surface area contributed by atoms with Crippen molar-refractivity contribution in [1.82, 2.24) is 5.32 Å². The Labute approximate surface area is 98.2 Å². The van der Waals surface area contributed by atoms with Gasteiger partial charge in [-0.15, -0.1) is 0 Å². The minimum absolute atomic E-state index is 0.435. The van der Waals surface area contributed by atoms with Crippen molar-refractivity contribution in [2.45, 2.75) is 50.7 Å². The van der Waals surface area contributed by atoms with Crippen LogP contribution in [-0.2, 0) is 0 Å². The van der Waals surface area contributed by atoms with E-state index in [-0.39, 0.29) is 0 Å². The fourth-order valence-corrected chi connectivity index (χ4v) is 2.48. The molecule has 1 aliphatic rings. The van der Waals surface area contributed by atoms with Gasteiger partial charge in [0.2, 0.25) is 0 Å². The van der Waals surface area contributed by atoms with Gasteiger partial charge < -0.3 is 11.1 Å². The summed E-state index contributed by atoms with van der Waals surface area (Å²) in [6.07, 6.45) is 4.77. The molecule has 0 spiro atoms. The highest BCUT2D eigenvalue weighted by Crippen LogP contribution is 2.20. The van der Waals surface area contributed by atoms with Crippen LogP contribution >= 0.6 is 0 Å². The van der Waals surface area contributed by atoms with E-state index in [1.165, 1.54) is 31.2 Å². The van der Waals surface area contributed by atoms with Crippen LogP contribution in [0, 0.1) is 0 Å². The van der Waals surface area contributed by atoms with Crippen LogP contribution in [0.2, 0.25) is 0 Å². The van der Waals surface area contributed by atoms with Crippen LogP contribution in [0.3, 0.4) is 0 Å². The maximum absolute atomic E-state index is 5.91. The van der Waals surface area contributed by atoms with E-state index in [0.29, 0.717) is 18.1 Å². The summed E-state index contributed by atoms with van der Waals surface area (Å²) in [5, 5.41) is 3.70. The first-order valence-electron chi connectivity index (χ1n) is 6.32. The second-order valence-electron chi connectivity index (χ2n) is 4.91. The van der Waals surface area contributed by atoms with Gasteiger partial charge in [0, 0.05) is 18.1 Å². The van der Waals surface area contributed by atoms with Crippen molar-refractivity contribution in [2.24, 2.45) is 5.73 Å². The lowest BCUT2D eigenvalue weighted by Gasteiger charge is -2.29. The summed E-state index contributed by atoms with van der Waals surface area (Å²) in [5.74, 6) is 0. The maximum atomic E-state index is 5.91. The Morgan fingerprint density at radius 2 is 1.75 bits per heavy atom. The SMILES string of the molecule is C[C@H](NC1CCC(N)CC1)c1ccccc1. The van der Waals surface area contributed by atoms with Crippen LogP contribution in [0.25, 0.3) is 0 Å². The van der Waals surface area contributed by atoms with Gasteiger partial charge in [-0.05, 0) is 38.2 Å². The quantitative estimate of drug-likeness (QED) is 0.818. The lowest BCUT2D eigenvalue weighted by molar-refractivity contribution is 0.322. The number of nitrogens with two attached hydrogens (primary N) is 1. The highest BCUT2D eigenvalue weighted by Gasteiger charge is 2.19. The van der Waals surface area contributed by atoms with E-state index in [1.54, 1.807) is 0 Å². The minimum Gasteiger partial charge on any atom is -0.328 e. The van der Waals surface area contributed by atoms with Crippen molar-refractivity contribution >= 4 is 0 Å². The number of nitrogens with one attached hydrogen (secondary N) is 1. The molecule has 88 valence electrons. The van der Waals surface area contributed by atoms with Gasteiger partial charge in [0.15, 0.2) is 0 Å². The molecule has 1 fully saturated rings.